The van der Waals surface area contributed by atoms with Crippen LogP contribution in [-0.4, -0.2) is 34.4 Å². The number of fused-ring (bicyclic) bond motifs is 1. The average Bonchev–Trinajstić information content (AvgIpc) is 2.99. The van der Waals surface area contributed by atoms with E-state index in [1.54, 1.807) is 11.3 Å². The Morgan fingerprint density at radius 2 is 2.35 bits per heavy atom. The van der Waals surface area contributed by atoms with Gasteiger partial charge in [-0.05, 0) is 23.4 Å². The molecule has 0 atom stereocenters. The molecule has 8 heteroatoms. The van der Waals surface area contributed by atoms with Gasteiger partial charge in [-0.25, -0.2) is 13.4 Å². The summed E-state index contributed by atoms with van der Waals surface area (Å²) in [6.07, 6.45) is 2.03. The minimum absolute atomic E-state index is 0.156. The van der Waals surface area contributed by atoms with Gasteiger partial charge in [-0.15, -0.1) is 16.4 Å². The molecule has 0 fully saturated rings. The summed E-state index contributed by atoms with van der Waals surface area (Å²) >= 11 is 1.68. The molecule has 0 aromatic carbocycles. The minimum Gasteiger partial charge on any atom is -0.265 e. The fourth-order valence-electron chi connectivity index (χ4n) is 1.86. The van der Waals surface area contributed by atoms with Crippen LogP contribution in [0.4, 0.5) is 0 Å². The normalized spacial score (nSPS) is 16.9. The maximum atomic E-state index is 12.2. The summed E-state index contributed by atoms with van der Waals surface area (Å²) in [5.74, 6) is 0. The van der Waals surface area contributed by atoms with Gasteiger partial charge in [0.1, 0.15) is 6.33 Å². The molecule has 0 spiro atoms. The lowest BCUT2D eigenvalue weighted by molar-refractivity contribution is 0.390. The lowest BCUT2D eigenvalue weighted by Crippen LogP contribution is -2.35. The van der Waals surface area contributed by atoms with Gasteiger partial charge < -0.3 is 0 Å². The van der Waals surface area contributed by atoms with Gasteiger partial charge in [0, 0.05) is 18.0 Å². The summed E-state index contributed by atoms with van der Waals surface area (Å²) in [6, 6.07) is 1.97. The quantitative estimate of drug-likeness (QED) is 0.867. The van der Waals surface area contributed by atoms with Crippen molar-refractivity contribution < 1.29 is 8.42 Å². The van der Waals surface area contributed by atoms with Crippen molar-refractivity contribution in [2.75, 3.05) is 6.54 Å². The van der Waals surface area contributed by atoms with Gasteiger partial charge in [-0.2, -0.15) is 4.31 Å². The van der Waals surface area contributed by atoms with Crippen molar-refractivity contribution in [1.82, 2.24) is 19.5 Å². The van der Waals surface area contributed by atoms with Crippen LogP contribution in [0.2, 0.25) is 0 Å². The van der Waals surface area contributed by atoms with Crippen LogP contribution in [0.5, 0.6) is 0 Å². The van der Waals surface area contributed by atoms with Crippen LogP contribution in [0, 0.1) is 0 Å². The number of rotatable bonds is 2. The first-order valence-electron chi connectivity index (χ1n) is 5.09. The number of aromatic amines is 1. The zero-order chi connectivity index (χ0) is 11.9. The third-order valence-corrected chi connectivity index (χ3v) is 5.41. The fraction of sp³-hybridized carbons (Fsp3) is 0.333. The molecule has 0 unspecified atom stereocenters. The molecule has 90 valence electrons. The van der Waals surface area contributed by atoms with Gasteiger partial charge in [0.15, 0.2) is 0 Å². The van der Waals surface area contributed by atoms with E-state index in [1.165, 1.54) is 15.5 Å². The Balaban J connectivity index is 1.93. The molecule has 0 radical (unpaired) electrons. The van der Waals surface area contributed by atoms with Crippen molar-refractivity contribution in [3.05, 3.63) is 28.2 Å². The summed E-state index contributed by atoms with van der Waals surface area (Å²) in [7, 11) is -3.55. The lowest BCUT2D eigenvalue weighted by Gasteiger charge is -2.24. The zero-order valence-corrected chi connectivity index (χ0v) is 10.5. The van der Waals surface area contributed by atoms with E-state index in [0.29, 0.717) is 13.1 Å². The van der Waals surface area contributed by atoms with Crippen LogP contribution < -0.4 is 0 Å². The molecule has 0 aliphatic carbocycles. The second kappa shape index (κ2) is 3.90. The van der Waals surface area contributed by atoms with Gasteiger partial charge in [-0.3, -0.25) is 5.10 Å². The molecular weight excluding hydrogens is 260 g/mol. The molecule has 3 rings (SSSR count). The molecule has 1 N–H and O–H groups in total. The van der Waals surface area contributed by atoms with E-state index in [0.717, 1.165) is 12.0 Å². The van der Waals surface area contributed by atoms with Gasteiger partial charge in [0.2, 0.25) is 0 Å². The molecular formula is C9H10N4O2S2. The van der Waals surface area contributed by atoms with E-state index in [2.05, 4.69) is 15.2 Å². The molecule has 2 aromatic rings. The van der Waals surface area contributed by atoms with Crippen molar-refractivity contribution in [3.63, 3.8) is 0 Å². The van der Waals surface area contributed by atoms with Crippen LogP contribution >= 0.6 is 11.3 Å². The Morgan fingerprint density at radius 3 is 3.12 bits per heavy atom. The summed E-state index contributed by atoms with van der Waals surface area (Å²) < 4.78 is 25.8. The molecule has 1 aliphatic rings. The number of hydrogen-bond acceptors (Lipinski definition) is 5. The number of hydrogen-bond donors (Lipinski definition) is 1. The van der Waals surface area contributed by atoms with E-state index in [9.17, 15) is 8.42 Å². The van der Waals surface area contributed by atoms with Crippen LogP contribution in [0.3, 0.4) is 0 Å². The maximum Gasteiger partial charge on any atom is 0.282 e. The largest absolute Gasteiger partial charge is 0.282 e. The molecule has 2 aromatic heterocycles. The first-order valence-corrected chi connectivity index (χ1v) is 7.41. The summed E-state index contributed by atoms with van der Waals surface area (Å²) in [5.41, 5.74) is 1.08. The fourth-order valence-corrected chi connectivity index (χ4v) is 3.98. The summed E-state index contributed by atoms with van der Waals surface area (Å²) in [6.45, 7) is 0.903. The number of H-pyrrole nitrogens is 1. The topological polar surface area (TPSA) is 79.0 Å². The Morgan fingerprint density at radius 1 is 1.47 bits per heavy atom. The molecule has 3 heterocycles. The molecule has 0 saturated heterocycles. The molecule has 0 amide bonds. The van der Waals surface area contributed by atoms with Crippen molar-refractivity contribution in [1.29, 1.82) is 0 Å². The van der Waals surface area contributed by atoms with Gasteiger partial charge in [0.05, 0.1) is 0 Å². The Hall–Kier alpha value is -1.25. The summed E-state index contributed by atoms with van der Waals surface area (Å²) in [4.78, 5) is 4.98. The number of thiophene rings is 1. The number of sulfonamides is 1. The van der Waals surface area contributed by atoms with Crippen molar-refractivity contribution in [2.24, 2.45) is 0 Å². The van der Waals surface area contributed by atoms with Crippen LogP contribution in [0.1, 0.15) is 10.4 Å². The average molecular weight is 270 g/mol. The number of nitrogens with zero attached hydrogens (tertiary/aromatic N) is 3. The molecule has 0 saturated carbocycles. The van der Waals surface area contributed by atoms with E-state index in [-0.39, 0.29) is 5.16 Å². The standard InChI is InChI=1S/C9H10N4O2S2/c14-17(15,9-10-6-11-12-9)13-3-1-8-7(5-13)2-4-16-8/h2,4,6H,1,3,5H2,(H,10,11,12). The highest BCUT2D eigenvalue weighted by molar-refractivity contribution is 7.88. The van der Waals surface area contributed by atoms with E-state index >= 15 is 0 Å². The molecule has 6 nitrogen and oxygen atoms in total. The van der Waals surface area contributed by atoms with Crippen molar-refractivity contribution >= 4 is 21.4 Å². The zero-order valence-electron chi connectivity index (χ0n) is 8.83. The van der Waals surface area contributed by atoms with Crippen LogP contribution in [0.15, 0.2) is 22.9 Å². The second-order valence-corrected chi connectivity index (χ2v) is 6.57. The highest BCUT2D eigenvalue weighted by atomic mass is 32.2. The first kappa shape index (κ1) is 10.9. The third kappa shape index (κ3) is 1.78. The van der Waals surface area contributed by atoms with E-state index in [1.807, 2.05) is 11.4 Å². The Labute approximate surface area is 102 Å². The molecule has 17 heavy (non-hydrogen) atoms. The monoisotopic (exact) mass is 270 g/mol. The van der Waals surface area contributed by atoms with Gasteiger partial charge in [-0.1, -0.05) is 0 Å². The highest BCUT2D eigenvalue weighted by Crippen LogP contribution is 2.26. The third-order valence-electron chi connectivity index (χ3n) is 2.74. The van der Waals surface area contributed by atoms with Crippen molar-refractivity contribution in [2.45, 2.75) is 18.1 Å². The predicted octanol–water partition coefficient (Wildman–Crippen LogP) is 0.613. The number of nitrogens with one attached hydrogen (secondary N) is 1. The predicted molar refractivity (Wildman–Crippen MR) is 62.0 cm³/mol. The smallest absolute Gasteiger partial charge is 0.265 e. The summed E-state index contributed by atoms with van der Waals surface area (Å²) in [5, 5.41) is 7.91. The van der Waals surface area contributed by atoms with Crippen LogP contribution in [0.25, 0.3) is 0 Å². The molecule has 0 bridgehead atoms. The van der Waals surface area contributed by atoms with Crippen molar-refractivity contribution in [3.8, 4) is 0 Å². The Bertz CT molecular complexity index is 617. The number of aromatic nitrogens is 3. The highest BCUT2D eigenvalue weighted by Gasteiger charge is 2.31. The second-order valence-electron chi connectivity index (χ2n) is 3.74. The van der Waals surface area contributed by atoms with E-state index in [4.69, 9.17) is 0 Å². The van der Waals surface area contributed by atoms with Crippen LogP contribution in [-0.2, 0) is 23.0 Å². The SMILES string of the molecule is O=S(=O)(c1nc[nH]n1)N1CCc2sccc2C1. The molecule has 1 aliphatic heterocycles. The maximum absolute atomic E-state index is 12.2. The van der Waals surface area contributed by atoms with Gasteiger partial charge >= 0.3 is 0 Å². The van der Waals surface area contributed by atoms with E-state index < -0.39 is 10.0 Å². The minimum atomic E-state index is -3.55. The first-order chi connectivity index (χ1) is 8.18. The lowest BCUT2D eigenvalue weighted by atomic mass is 10.1. The van der Waals surface area contributed by atoms with Gasteiger partial charge in [0.25, 0.3) is 15.2 Å². The Kier molecular flexibility index (Phi) is 2.49.